The maximum absolute atomic E-state index is 12.1. The zero-order valence-electron chi connectivity index (χ0n) is 12.3. The minimum atomic E-state index is -0.329. The van der Waals surface area contributed by atoms with E-state index in [1.165, 1.54) is 0 Å². The molecule has 0 saturated carbocycles. The van der Waals surface area contributed by atoms with Crippen LogP contribution in [0.25, 0.3) is 0 Å². The lowest BCUT2D eigenvalue weighted by molar-refractivity contribution is 0.102. The Labute approximate surface area is 148 Å². The molecule has 2 aromatic carbocycles. The van der Waals surface area contributed by atoms with Crippen LogP contribution in [0.3, 0.4) is 0 Å². The molecule has 1 heterocycles. The van der Waals surface area contributed by atoms with Gasteiger partial charge in [-0.15, -0.1) is 10.2 Å². The van der Waals surface area contributed by atoms with Crippen LogP contribution in [0.4, 0.5) is 17.2 Å². The van der Waals surface area contributed by atoms with Crippen molar-refractivity contribution in [1.82, 2.24) is 10.2 Å². The van der Waals surface area contributed by atoms with Crippen molar-refractivity contribution in [2.45, 2.75) is 0 Å². The molecule has 1 aromatic heterocycles. The maximum atomic E-state index is 12.1. The fourth-order valence-electron chi connectivity index (χ4n) is 1.97. The summed E-state index contributed by atoms with van der Waals surface area (Å²) < 4.78 is 0. The molecule has 5 nitrogen and oxygen atoms in total. The second kappa shape index (κ2) is 7.29. The summed E-state index contributed by atoms with van der Waals surface area (Å²) in [6, 6.07) is 17.4. The molecule has 1 amide bonds. The number of nitrogens with zero attached hydrogens (tertiary/aromatic N) is 2. The van der Waals surface area contributed by atoms with Gasteiger partial charge in [0.1, 0.15) is 0 Å². The van der Waals surface area contributed by atoms with Gasteiger partial charge in [-0.25, -0.2) is 0 Å². The molecule has 3 aromatic rings. The molecule has 0 bridgehead atoms. The summed E-state index contributed by atoms with van der Waals surface area (Å²) in [7, 11) is 0. The smallest absolute Gasteiger partial charge is 0.276 e. The number of hydrogen-bond donors (Lipinski definition) is 2. The summed E-state index contributed by atoms with van der Waals surface area (Å²) in [6.45, 7) is 0. The number of hydrogen-bond acceptors (Lipinski definition) is 4. The molecule has 3 rings (SSSR count). The lowest BCUT2D eigenvalue weighted by Crippen LogP contribution is -2.14. The summed E-state index contributed by atoms with van der Waals surface area (Å²) in [5.41, 5.74) is 1.56. The van der Waals surface area contributed by atoms with Gasteiger partial charge in [0.05, 0.1) is 10.7 Å². The third kappa shape index (κ3) is 4.01. The molecule has 0 aliphatic rings. The Morgan fingerprint density at radius 1 is 0.917 bits per heavy atom. The van der Waals surface area contributed by atoms with E-state index in [2.05, 4.69) is 20.8 Å². The van der Waals surface area contributed by atoms with Gasteiger partial charge in [0, 0.05) is 10.7 Å². The third-order valence-corrected chi connectivity index (χ3v) is 3.67. The lowest BCUT2D eigenvalue weighted by Gasteiger charge is -2.08. The normalized spacial score (nSPS) is 10.2. The molecule has 0 fully saturated rings. The Hall–Kier alpha value is -2.63. The number of halogens is 2. The third-order valence-electron chi connectivity index (χ3n) is 3.12. The Morgan fingerprint density at radius 3 is 2.38 bits per heavy atom. The fourth-order valence-corrected chi connectivity index (χ4v) is 2.42. The van der Waals surface area contributed by atoms with E-state index in [1.54, 1.807) is 42.5 Å². The monoisotopic (exact) mass is 358 g/mol. The molecule has 0 radical (unpaired) electrons. The quantitative estimate of drug-likeness (QED) is 0.704. The van der Waals surface area contributed by atoms with Gasteiger partial charge in [-0.1, -0.05) is 41.4 Å². The van der Waals surface area contributed by atoms with Gasteiger partial charge in [0.15, 0.2) is 11.5 Å². The van der Waals surface area contributed by atoms with Gasteiger partial charge >= 0.3 is 0 Å². The number of anilines is 3. The first kappa shape index (κ1) is 16.2. The Bertz CT molecular complexity index is 854. The van der Waals surface area contributed by atoms with Crippen molar-refractivity contribution in [3.8, 4) is 0 Å². The van der Waals surface area contributed by atoms with Gasteiger partial charge in [-0.2, -0.15) is 0 Å². The first-order valence-electron chi connectivity index (χ1n) is 7.04. The van der Waals surface area contributed by atoms with Gasteiger partial charge in [0.2, 0.25) is 0 Å². The van der Waals surface area contributed by atoms with E-state index in [4.69, 9.17) is 23.2 Å². The van der Waals surface area contributed by atoms with Crippen LogP contribution in [0.5, 0.6) is 0 Å². The molecule has 2 N–H and O–H groups in total. The number of nitrogens with one attached hydrogen (secondary N) is 2. The summed E-state index contributed by atoms with van der Waals surface area (Å²) in [5, 5.41) is 14.7. The molecular formula is C17H12Cl2N4O. The van der Waals surface area contributed by atoms with Crippen LogP contribution in [0.1, 0.15) is 10.5 Å². The van der Waals surface area contributed by atoms with E-state index >= 15 is 0 Å². The molecule has 0 spiro atoms. The molecule has 0 unspecified atom stereocenters. The van der Waals surface area contributed by atoms with Crippen molar-refractivity contribution in [1.29, 1.82) is 0 Å². The molecular weight excluding hydrogens is 347 g/mol. The van der Waals surface area contributed by atoms with Crippen LogP contribution >= 0.6 is 23.2 Å². The Kier molecular flexibility index (Phi) is 4.93. The second-order valence-electron chi connectivity index (χ2n) is 4.87. The summed E-state index contributed by atoms with van der Waals surface area (Å²) in [6.07, 6.45) is 0. The van der Waals surface area contributed by atoms with Crippen molar-refractivity contribution >= 4 is 46.3 Å². The predicted molar refractivity (Wildman–Crippen MR) is 96.2 cm³/mol. The molecule has 0 atom stereocenters. The van der Waals surface area contributed by atoms with Gasteiger partial charge in [-0.05, 0) is 42.5 Å². The van der Waals surface area contributed by atoms with E-state index in [0.717, 1.165) is 0 Å². The molecule has 24 heavy (non-hydrogen) atoms. The van der Waals surface area contributed by atoms with E-state index in [-0.39, 0.29) is 11.6 Å². The van der Waals surface area contributed by atoms with Gasteiger partial charge < -0.3 is 10.6 Å². The highest BCUT2D eigenvalue weighted by Gasteiger charge is 2.09. The first-order chi connectivity index (χ1) is 11.6. The largest absolute Gasteiger partial charge is 0.338 e. The average Bonchev–Trinajstić information content (AvgIpc) is 2.59. The fraction of sp³-hybridized carbons (Fsp3) is 0. The van der Waals surface area contributed by atoms with Crippen LogP contribution in [0.15, 0.2) is 60.7 Å². The zero-order chi connectivity index (χ0) is 16.9. The number of carbonyl (C=O) groups is 1. The SMILES string of the molecule is O=C(Nc1ccccc1)c1ccc(Nc2ccc(Cl)cc2Cl)nn1. The number of rotatable bonds is 4. The molecule has 0 aliphatic carbocycles. The Balaban J connectivity index is 1.70. The van der Waals surface area contributed by atoms with Crippen LogP contribution in [0.2, 0.25) is 10.0 Å². The minimum absolute atomic E-state index is 0.214. The first-order valence-corrected chi connectivity index (χ1v) is 7.79. The number of benzene rings is 2. The molecule has 7 heteroatoms. The molecule has 0 aliphatic heterocycles. The highest BCUT2D eigenvalue weighted by Crippen LogP contribution is 2.27. The number of carbonyl (C=O) groups excluding carboxylic acids is 1. The van der Waals surface area contributed by atoms with E-state index in [9.17, 15) is 4.79 Å². The van der Waals surface area contributed by atoms with Crippen molar-refractivity contribution in [3.63, 3.8) is 0 Å². The standard InChI is InChI=1S/C17H12Cl2N4O/c18-11-6-7-14(13(19)10-11)21-16-9-8-15(22-23-16)17(24)20-12-4-2-1-3-5-12/h1-10H,(H,20,24)(H,21,23). The van der Waals surface area contributed by atoms with Crippen LogP contribution < -0.4 is 10.6 Å². The second-order valence-corrected chi connectivity index (χ2v) is 5.72. The lowest BCUT2D eigenvalue weighted by atomic mass is 10.3. The van der Waals surface area contributed by atoms with E-state index in [0.29, 0.717) is 27.2 Å². The van der Waals surface area contributed by atoms with Gasteiger partial charge in [0.25, 0.3) is 5.91 Å². The molecule has 120 valence electrons. The van der Waals surface area contributed by atoms with E-state index in [1.807, 2.05) is 18.2 Å². The topological polar surface area (TPSA) is 66.9 Å². The van der Waals surface area contributed by atoms with Crippen molar-refractivity contribution in [2.24, 2.45) is 0 Å². The maximum Gasteiger partial charge on any atom is 0.276 e. The highest BCUT2D eigenvalue weighted by molar-refractivity contribution is 6.36. The summed E-state index contributed by atoms with van der Waals surface area (Å²) in [4.78, 5) is 12.1. The Morgan fingerprint density at radius 2 is 1.71 bits per heavy atom. The number of amides is 1. The summed E-state index contributed by atoms with van der Waals surface area (Å²) in [5.74, 6) is 0.139. The van der Waals surface area contributed by atoms with Crippen LogP contribution in [0, 0.1) is 0 Å². The zero-order valence-corrected chi connectivity index (χ0v) is 13.8. The van der Waals surface area contributed by atoms with Crippen molar-refractivity contribution in [2.75, 3.05) is 10.6 Å². The average molecular weight is 359 g/mol. The van der Waals surface area contributed by atoms with Crippen molar-refractivity contribution in [3.05, 3.63) is 76.4 Å². The number of aromatic nitrogens is 2. The number of para-hydroxylation sites is 1. The van der Waals surface area contributed by atoms with Crippen LogP contribution in [-0.2, 0) is 0 Å². The predicted octanol–water partition coefficient (Wildman–Crippen LogP) is 4.78. The summed E-state index contributed by atoms with van der Waals surface area (Å²) >= 11 is 11.9. The minimum Gasteiger partial charge on any atom is -0.338 e. The molecule has 0 saturated heterocycles. The van der Waals surface area contributed by atoms with Crippen molar-refractivity contribution < 1.29 is 4.79 Å². The van der Waals surface area contributed by atoms with Gasteiger partial charge in [-0.3, -0.25) is 4.79 Å². The highest BCUT2D eigenvalue weighted by atomic mass is 35.5. The van der Waals surface area contributed by atoms with E-state index < -0.39 is 0 Å². The van der Waals surface area contributed by atoms with Crippen LogP contribution in [-0.4, -0.2) is 16.1 Å².